The quantitative estimate of drug-likeness (QED) is 0.650. The molecule has 0 aliphatic heterocycles. The van der Waals surface area contributed by atoms with Gasteiger partial charge < -0.3 is 9.88 Å². The van der Waals surface area contributed by atoms with Crippen molar-refractivity contribution in [3.05, 3.63) is 24.0 Å². The minimum Gasteiger partial charge on any atom is -0.354 e. The summed E-state index contributed by atoms with van der Waals surface area (Å²) < 4.78 is 2.37. The molecule has 18 heavy (non-hydrogen) atoms. The topological polar surface area (TPSA) is 17.0 Å². The third-order valence-electron chi connectivity index (χ3n) is 3.86. The van der Waals surface area contributed by atoms with E-state index in [0.29, 0.717) is 6.04 Å². The van der Waals surface area contributed by atoms with Gasteiger partial charge in [0.05, 0.1) is 0 Å². The molecule has 102 valence electrons. The summed E-state index contributed by atoms with van der Waals surface area (Å²) in [6, 6.07) is 2.93. The molecule has 0 aromatic carbocycles. The van der Waals surface area contributed by atoms with Crippen LogP contribution in [0.4, 0.5) is 0 Å². The van der Waals surface area contributed by atoms with Gasteiger partial charge in [0.2, 0.25) is 0 Å². The van der Waals surface area contributed by atoms with Gasteiger partial charge in [0.15, 0.2) is 0 Å². The molecule has 1 unspecified atom stereocenters. The predicted molar refractivity (Wildman–Crippen MR) is 77.7 cm³/mol. The summed E-state index contributed by atoms with van der Waals surface area (Å²) >= 11 is 0. The predicted octanol–water partition coefficient (Wildman–Crippen LogP) is 4.13. The number of hydrogen-bond acceptors (Lipinski definition) is 1. The Morgan fingerprint density at radius 2 is 2.11 bits per heavy atom. The molecule has 2 nitrogen and oxygen atoms in total. The molecule has 1 heterocycles. The lowest BCUT2D eigenvalue weighted by atomic mass is 10.1. The van der Waals surface area contributed by atoms with Crippen LogP contribution in [0.2, 0.25) is 0 Å². The van der Waals surface area contributed by atoms with Crippen molar-refractivity contribution in [3.8, 4) is 0 Å². The fourth-order valence-corrected chi connectivity index (χ4v) is 2.61. The average Bonchev–Trinajstić information content (AvgIpc) is 3.10. The van der Waals surface area contributed by atoms with Gasteiger partial charge in [-0.2, -0.15) is 0 Å². The van der Waals surface area contributed by atoms with Gasteiger partial charge in [0.25, 0.3) is 0 Å². The Kier molecular flexibility index (Phi) is 5.30. The van der Waals surface area contributed by atoms with Gasteiger partial charge in [0, 0.05) is 25.0 Å². The van der Waals surface area contributed by atoms with Gasteiger partial charge in [-0.25, -0.2) is 0 Å². The highest BCUT2D eigenvalue weighted by molar-refractivity contribution is 5.18. The third kappa shape index (κ3) is 3.88. The van der Waals surface area contributed by atoms with Gasteiger partial charge in [-0.3, -0.25) is 0 Å². The number of rotatable bonds is 9. The molecule has 2 heteroatoms. The van der Waals surface area contributed by atoms with Crippen molar-refractivity contribution < 1.29 is 0 Å². The van der Waals surface area contributed by atoms with Gasteiger partial charge in [-0.1, -0.05) is 26.7 Å². The minimum atomic E-state index is 0.609. The largest absolute Gasteiger partial charge is 0.354 e. The van der Waals surface area contributed by atoms with Crippen LogP contribution in [0.25, 0.3) is 0 Å². The summed E-state index contributed by atoms with van der Waals surface area (Å²) in [5, 5.41) is 3.71. The van der Waals surface area contributed by atoms with Crippen molar-refractivity contribution >= 4 is 0 Å². The first-order valence-corrected chi connectivity index (χ1v) is 7.74. The van der Waals surface area contributed by atoms with Crippen molar-refractivity contribution in [1.29, 1.82) is 0 Å². The molecular weight excluding hydrogens is 220 g/mol. The maximum atomic E-state index is 3.71. The van der Waals surface area contributed by atoms with E-state index in [0.717, 1.165) is 12.5 Å². The first-order valence-electron chi connectivity index (χ1n) is 7.74. The van der Waals surface area contributed by atoms with E-state index >= 15 is 0 Å². The summed E-state index contributed by atoms with van der Waals surface area (Å²) in [5.74, 6) is 0.892. The van der Waals surface area contributed by atoms with Gasteiger partial charge in [0.1, 0.15) is 0 Å². The van der Waals surface area contributed by atoms with Crippen molar-refractivity contribution in [3.63, 3.8) is 0 Å². The van der Waals surface area contributed by atoms with Crippen LogP contribution >= 0.6 is 0 Å². The Hall–Kier alpha value is -0.760. The number of nitrogens with zero attached hydrogens (tertiary/aromatic N) is 1. The van der Waals surface area contributed by atoms with Crippen LogP contribution in [0.1, 0.15) is 64.0 Å². The van der Waals surface area contributed by atoms with E-state index < -0.39 is 0 Å². The molecule has 1 fully saturated rings. The van der Waals surface area contributed by atoms with E-state index in [-0.39, 0.29) is 0 Å². The lowest BCUT2D eigenvalue weighted by molar-refractivity contribution is 0.480. The molecule has 1 aliphatic carbocycles. The maximum absolute atomic E-state index is 3.71. The lowest BCUT2D eigenvalue weighted by Gasteiger charge is -2.16. The van der Waals surface area contributed by atoms with E-state index in [1.165, 1.54) is 50.6 Å². The van der Waals surface area contributed by atoms with E-state index in [9.17, 15) is 0 Å². The van der Waals surface area contributed by atoms with Gasteiger partial charge in [-0.15, -0.1) is 0 Å². The first kappa shape index (κ1) is 13.7. The monoisotopic (exact) mass is 248 g/mol. The lowest BCUT2D eigenvalue weighted by Crippen LogP contribution is -2.23. The average molecular weight is 248 g/mol. The van der Waals surface area contributed by atoms with E-state index in [2.05, 4.69) is 42.2 Å². The first-order chi connectivity index (χ1) is 8.85. The fourth-order valence-electron chi connectivity index (χ4n) is 2.61. The van der Waals surface area contributed by atoms with Gasteiger partial charge in [-0.05, 0) is 49.8 Å². The summed E-state index contributed by atoms with van der Waals surface area (Å²) in [6.45, 7) is 6.83. The Balaban J connectivity index is 1.89. The Labute approximate surface area is 112 Å². The standard InChI is InChI=1S/C16H28N2/c1-3-5-6-11-18-12-9-15(13-18)16(14-7-8-14)17-10-4-2/h9,12-14,16-17H,3-8,10-11H2,1-2H3. The number of aromatic nitrogens is 1. The van der Waals surface area contributed by atoms with Crippen LogP contribution in [0.5, 0.6) is 0 Å². The van der Waals surface area contributed by atoms with E-state index in [1.54, 1.807) is 0 Å². The molecule has 0 spiro atoms. The Morgan fingerprint density at radius 1 is 1.28 bits per heavy atom. The number of nitrogens with one attached hydrogen (secondary N) is 1. The summed E-state index contributed by atoms with van der Waals surface area (Å²) in [4.78, 5) is 0. The molecule has 1 aromatic heterocycles. The van der Waals surface area contributed by atoms with Crippen LogP contribution in [-0.2, 0) is 6.54 Å². The highest BCUT2D eigenvalue weighted by Gasteiger charge is 2.32. The van der Waals surface area contributed by atoms with Crippen LogP contribution in [0, 0.1) is 5.92 Å². The summed E-state index contributed by atoms with van der Waals surface area (Å²) in [5.41, 5.74) is 1.50. The second-order valence-electron chi connectivity index (χ2n) is 5.66. The Bertz CT molecular complexity index is 339. The molecular formula is C16H28N2. The zero-order valence-corrected chi connectivity index (χ0v) is 12.0. The van der Waals surface area contributed by atoms with Crippen LogP contribution < -0.4 is 5.32 Å². The van der Waals surface area contributed by atoms with Crippen molar-refractivity contribution in [1.82, 2.24) is 9.88 Å². The number of aryl methyl sites for hydroxylation is 1. The minimum absolute atomic E-state index is 0.609. The van der Waals surface area contributed by atoms with Crippen molar-refractivity contribution in [2.24, 2.45) is 5.92 Å². The molecule has 1 atom stereocenters. The zero-order chi connectivity index (χ0) is 12.8. The number of unbranched alkanes of at least 4 members (excludes halogenated alkanes) is 2. The fraction of sp³-hybridized carbons (Fsp3) is 0.750. The van der Waals surface area contributed by atoms with Crippen molar-refractivity contribution in [2.75, 3.05) is 6.54 Å². The molecule has 0 radical (unpaired) electrons. The van der Waals surface area contributed by atoms with E-state index in [4.69, 9.17) is 0 Å². The summed E-state index contributed by atoms with van der Waals surface area (Å²) in [7, 11) is 0. The van der Waals surface area contributed by atoms with E-state index in [1.807, 2.05) is 0 Å². The molecule has 0 amide bonds. The van der Waals surface area contributed by atoms with Crippen LogP contribution in [0.15, 0.2) is 18.5 Å². The highest BCUT2D eigenvalue weighted by atomic mass is 15.0. The molecule has 0 bridgehead atoms. The SMILES string of the molecule is CCCCCn1ccc(C(NCCC)C2CC2)c1. The molecule has 2 rings (SSSR count). The molecule has 1 N–H and O–H groups in total. The van der Waals surface area contributed by atoms with Crippen molar-refractivity contribution in [2.45, 2.75) is 65.0 Å². The number of hydrogen-bond donors (Lipinski definition) is 1. The molecule has 1 aromatic rings. The summed E-state index contributed by atoms with van der Waals surface area (Å²) in [6.07, 6.45) is 12.6. The second-order valence-corrected chi connectivity index (χ2v) is 5.66. The molecule has 1 saturated carbocycles. The van der Waals surface area contributed by atoms with Crippen LogP contribution in [0.3, 0.4) is 0 Å². The second kappa shape index (κ2) is 6.98. The van der Waals surface area contributed by atoms with Crippen LogP contribution in [-0.4, -0.2) is 11.1 Å². The maximum Gasteiger partial charge on any atom is 0.0363 e. The van der Waals surface area contributed by atoms with Gasteiger partial charge >= 0.3 is 0 Å². The third-order valence-corrected chi connectivity index (χ3v) is 3.86. The normalized spacial score (nSPS) is 17.0. The Morgan fingerprint density at radius 3 is 2.78 bits per heavy atom. The zero-order valence-electron chi connectivity index (χ0n) is 12.0. The highest BCUT2D eigenvalue weighted by Crippen LogP contribution is 2.41. The smallest absolute Gasteiger partial charge is 0.0363 e. The molecule has 0 saturated heterocycles. The molecule has 1 aliphatic rings.